The van der Waals surface area contributed by atoms with Crippen LogP contribution in [0.2, 0.25) is 0 Å². The third kappa shape index (κ3) is 5.72. The number of carbonyl (C=O) groups is 2. The Labute approximate surface area is 159 Å². The molecular weight excluding hydrogens is 328 g/mol. The van der Waals surface area contributed by atoms with Crippen LogP contribution in [0.15, 0.2) is 0 Å². The van der Waals surface area contributed by atoms with Crippen LogP contribution < -0.4 is 0 Å². The van der Waals surface area contributed by atoms with E-state index in [2.05, 4.69) is 0 Å². The molecule has 0 aliphatic heterocycles. The van der Waals surface area contributed by atoms with Gasteiger partial charge in [0.1, 0.15) is 0 Å². The molecule has 0 unspecified atom stereocenters. The molecule has 0 N–H and O–H groups in total. The van der Waals surface area contributed by atoms with E-state index in [1.165, 1.54) is 57.8 Å². The molecule has 0 aromatic carbocycles. The Balaban J connectivity index is 2.11. The summed E-state index contributed by atoms with van der Waals surface area (Å²) < 4.78 is 10.8. The summed E-state index contributed by atoms with van der Waals surface area (Å²) in [5.41, 5.74) is -1.09. The van der Waals surface area contributed by atoms with Gasteiger partial charge in [0.2, 0.25) is 0 Å². The van der Waals surface area contributed by atoms with Gasteiger partial charge in [-0.1, -0.05) is 57.8 Å². The molecule has 0 aromatic heterocycles. The van der Waals surface area contributed by atoms with E-state index in [1.807, 2.05) is 13.8 Å². The zero-order valence-corrected chi connectivity index (χ0v) is 16.9. The zero-order chi connectivity index (χ0) is 18.8. The molecule has 2 saturated carbocycles. The van der Waals surface area contributed by atoms with Crippen molar-refractivity contribution >= 4 is 11.9 Å². The summed E-state index contributed by atoms with van der Waals surface area (Å²) in [4.78, 5) is 25.9. The molecule has 0 bridgehead atoms. The Kier molecular flexibility index (Phi) is 8.94. The second kappa shape index (κ2) is 10.9. The van der Waals surface area contributed by atoms with Crippen LogP contribution in [0.3, 0.4) is 0 Å². The second-order valence-electron chi connectivity index (χ2n) is 8.25. The van der Waals surface area contributed by atoms with E-state index in [9.17, 15) is 9.59 Å². The minimum absolute atomic E-state index is 0.312. The normalized spacial score (nSPS) is 19.5. The van der Waals surface area contributed by atoms with E-state index in [0.717, 1.165) is 12.8 Å². The largest absolute Gasteiger partial charge is 0.465 e. The molecule has 0 atom stereocenters. The van der Waals surface area contributed by atoms with Gasteiger partial charge in [0.25, 0.3) is 0 Å². The zero-order valence-electron chi connectivity index (χ0n) is 16.9. The Morgan fingerprint density at radius 1 is 0.731 bits per heavy atom. The number of hydrogen-bond acceptors (Lipinski definition) is 4. The lowest BCUT2D eigenvalue weighted by Gasteiger charge is -2.32. The molecule has 0 radical (unpaired) electrons. The van der Waals surface area contributed by atoms with E-state index in [0.29, 0.717) is 37.9 Å². The predicted octanol–water partition coefficient (Wildman–Crippen LogP) is 5.43. The highest BCUT2D eigenvalue weighted by Gasteiger charge is 2.48. The van der Waals surface area contributed by atoms with Crippen molar-refractivity contribution in [2.24, 2.45) is 17.3 Å². The summed E-state index contributed by atoms with van der Waals surface area (Å²) in [6, 6.07) is 0. The van der Waals surface area contributed by atoms with Crippen LogP contribution in [0.5, 0.6) is 0 Å². The first-order chi connectivity index (χ1) is 12.6. The summed E-state index contributed by atoms with van der Waals surface area (Å²) in [6.45, 7) is 4.25. The fourth-order valence-corrected chi connectivity index (χ4v) is 4.83. The molecule has 2 fully saturated rings. The van der Waals surface area contributed by atoms with Gasteiger partial charge in [-0.2, -0.15) is 0 Å². The lowest BCUT2D eigenvalue weighted by Crippen LogP contribution is -2.43. The maximum atomic E-state index is 12.9. The number of carbonyl (C=O) groups excluding carboxylic acids is 2. The smallest absolute Gasteiger partial charge is 0.323 e. The third-order valence-corrected chi connectivity index (χ3v) is 6.49. The lowest BCUT2D eigenvalue weighted by atomic mass is 9.73. The van der Waals surface area contributed by atoms with Crippen molar-refractivity contribution in [3.8, 4) is 0 Å². The number of ether oxygens (including phenoxy) is 2. The minimum Gasteiger partial charge on any atom is -0.465 e. The van der Waals surface area contributed by atoms with Gasteiger partial charge in [0, 0.05) is 0 Å². The summed E-state index contributed by atoms with van der Waals surface area (Å²) in [6.07, 6.45) is 14.4. The molecule has 0 amide bonds. The Bertz CT molecular complexity index is 415. The summed E-state index contributed by atoms with van der Waals surface area (Å²) in [5.74, 6) is 0.575. The Morgan fingerprint density at radius 3 is 1.50 bits per heavy atom. The standard InChI is InChI=1S/C22H38O4/c1-3-25-20(23)22(21(24)26-4-2,17-15-19-12-8-9-13-19)16-14-18-10-6-5-7-11-18/h18-19H,3-17H2,1-2H3. The highest BCUT2D eigenvalue weighted by Crippen LogP contribution is 2.40. The lowest BCUT2D eigenvalue weighted by molar-refractivity contribution is -0.174. The van der Waals surface area contributed by atoms with Crippen LogP contribution in [0.4, 0.5) is 0 Å². The monoisotopic (exact) mass is 366 g/mol. The van der Waals surface area contributed by atoms with Gasteiger partial charge >= 0.3 is 11.9 Å². The van der Waals surface area contributed by atoms with Crippen molar-refractivity contribution in [1.82, 2.24) is 0 Å². The van der Waals surface area contributed by atoms with E-state index in [1.54, 1.807) is 0 Å². The molecular formula is C22H38O4. The molecule has 0 aromatic rings. The highest BCUT2D eigenvalue weighted by molar-refractivity contribution is 6.00. The molecule has 2 aliphatic carbocycles. The molecule has 4 heteroatoms. The number of esters is 2. The molecule has 150 valence electrons. The first-order valence-electron chi connectivity index (χ1n) is 11.0. The van der Waals surface area contributed by atoms with Gasteiger partial charge in [-0.25, -0.2) is 0 Å². The topological polar surface area (TPSA) is 52.6 Å². The molecule has 26 heavy (non-hydrogen) atoms. The maximum Gasteiger partial charge on any atom is 0.323 e. The van der Waals surface area contributed by atoms with Crippen molar-refractivity contribution in [2.45, 2.75) is 97.3 Å². The van der Waals surface area contributed by atoms with Crippen molar-refractivity contribution in [3.05, 3.63) is 0 Å². The number of rotatable bonds is 10. The fourth-order valence-electron chi connectivity index (χ4n) is 4.83. The van der Waals surface area contributed by atoms with Gasteiger partial charge in [-0.05, 0) is 51.4 Å². The highest BCUT2D eigenvalue weighted by atomic mass is 16.6. The molecule has 0 spiro atoms. The quantitative estimate of drug-likeness (QED) is 0.382. The Hall–Kier alpha value is -1.06. The maximum absolute atomic E-state index is 12.9. The SMILES string of the molecule is CCOC(=O)C(CCC1CCCCC1)(CCC1CCCC1)C(=O)OCC. The first kappa shape index (κ1) is 21.2. The van der Waals surface area contributed by atoms with Gasteiger partial charge < -0.3 is 9.47 Å². The third-order valence-electron chi connectivity index (χ3n) is 6.49. The van der Waals surface area contributed by atoms with Crippen molar-refractivity contribution < 1.29 is 19.1 Å². The van der Waals surface area contributed by atoms with Crippen molar-refractivity contribution in [1.29, 1.82) is 0 Å². The van der Waals surface area contributed by atoms with E-state index < -0.39 is 5.41 Å². The summed E-state index contributed by atoms with van der Waals surface area (Å²) in [5, 5.41) is 0. The molecule has 4 nitrogen and oxygen atoms in total. The van der Waals surface area contributed by atoms with Gasteiger partial charge in [-0.15, -0.1) is 0 Å². The molecule has 2 aliphatic rings. The van der Waals surface area contributed by atoms with Gasteiger partial charge in [-0.3, -0.25) is 9.59 Å². The minimum atomic E-state index is -1.09. The van der Waals surface area contributed by atoms with Crippen LogP contribution in [-0.4, -0.2) is 25.2 Å². The van der Waals surface area contributed by atoms with Crippen molar-refractivity contribution in [2.75, 3.05) is 13.2 Å². The second-order valence-corrected chi connectivity index (χ2v) is 8.25. The first-order valence-corrected chi connectivity index (χ1v) is 11.0. The Morgan fingerprint density at radius 2 is 1.12 bits per heavy atom. The van der Waals surface area contributed by atoms with Gasteiger partial charge in [0.15, 0.2) is 5.41 Å². The number of hydrogen-bond donors (Lipinski definition) is 0. The van der Waals surface area contributed by atoms with Crippen LogP contribution in [0.1, 0.15) is 97.3 Å². The summed E-state index contributed by atoms with van der Waals surface area (Å²) in [7, 11) is 0. The van der Waals surface area contributed by atoms with Crippen LogP contribution in [-0.2, 0) is 19.1 Å². The predicted molar refractivity (Wildman–Crippen MR) is 103 cm³/mol. The molecule has 0 saturated heterocycles. The molecule has 0 heterocycles. The fraction of sp³-hybridized carbons (Fsp3) is 0.909. The van der Waals surface area contributed by atoms with E-state index in [-0.39, 0.29) is 11.9 Å². The van der Waals surface area contributed by atoms with E-state index >= 15 is 0 Å². The van der Waals surface area contributed by atoms with Crippen LogP contribution in [0, 0.1) is 17.3 Å². The van der Waals surface area contributed by atoms with Crippen LogP contribution >= 0.6 is 0 Å². The molecule has 2 rings (SSSR count). The van der Waals surface area contributed by atoms with E-state index in [4.69, 9.17) is 9.47 Å². The average molecular weight is 367 g/mol. The van der Waals surface area contributed by atoms with Crippen molar-refractivity contribution in [3.63, 3.8) is 0 Å². The summed E-state index contributed by atoms with van der Waals surface area (Å²) >= 11 is 0. The van der Waals surface area contributed by atoms with Crippen LogP contribution in [0.25, 0.3) is 0 Å². The van der Waals surface area contributed by atoms with Gasteiger partial charge in [0.05, 0.1) is 13.2 Å². The average Bonchev–Trinajstić information content (AvgIpc) is 3.17.